The first-order chi connectivity index (χ1) is 18.2. The van der Waals surface area contributed by atoms with Gasteiger partial charge in [-0.25, -0.2) is 13.8 Å². The first-order valence-electron chi connectivity index (χ1n) is 11.3. The van der Waals surface area contributed by atoms with Crippen molar-refractivity contribution in [3.63, 3.8) is 0 Å². The molecule has 0 bridgehead atoms. The number of anilines is 2. The Bertz CT molecular complexity index is 1380. The van der Waals surface area contributed by atoms with Gasteiger partial charge in [-0.15, -0.1) is 0 Å². The number of carbonyl (C=O) groups excluding carboxylic acids is 2. The fourth-order valence-electron chi connectivity index (χ4n) is 3.23. The smallest absolute Gasteiger partial charge is 0.262 e. The van der Waals surface area contributed by atoms with Gasteiger partial charge < -0.3 is 19.5 Å². The van der Waals surface area contributed by atoms with Crippen molar-refractivity contribution >= 4 is 39.4 Å². The van der Waals surface area contributed by atoms with Crippen LogP contribution in [-0.2, 0) is 19.6 Å². The number of hydrogen-bond donors (Lipinski definition) is 2. The van der Waals surface area contributed by atoms with Gasteiger partial charge in [0.2, 0.25) is 10.0 Å². The van der Waals surface area contributed by atoms with Gasteiger partial charge in [-0.1, -0.05) is 12.1 Å². The van der Waals surface area contributed by atoms with Crippen LogP contribution in [-0.4, -0.2) is 60.1 Å². The monoisotopic (exact) mass is 540 g/mol. The predicted octanol–water partition coefficient (Wildman–Crippen LogP) is 2.64. The molecule has 11 nitrogen and oxygen atoms in total. The van der Waals surface area contributed by atoms with E-state index in [9.17, 15) is 18.0 Å². The Balaban J connectivity index is 1.50. The molecule has 0 aromatic heterocycles. The van der Waals surface area contributed by atoms with Crippen LogP contribution in [0.4, 0.5) is 11.4 Å². The quantitative estimate of drug-likeness (QED) is 0.266. The topological polar surface area (TPSA) is 136 Å². The van der Waals surface area contributed by atoms with E-state index in [0.717, 1.165) is 10.6 Å². The minimum absolute atomic E-state index is 0.182. The number of benzene rings is 3. The van der Waals surface area contributed by atoms with E-state index in [2.05, 4.69) is 15.8 Å². The van der Waals surface area contributed by atoms with Gasteiger partial charge in [0.15, 0.2) is 6.61 Å². The molecule has 0 aliphatic carbocycles. The molecular formula is C26H28N4O7S. The third-order valence-corrected chi connectivity index (χ3v) is 6.19. The van der Waals surface area contributed by atoms with E-state index in [1.807, 2.05) is 0 Å². The molecule has 38 heavy (non-hydrogen) atoms. The molecule has 0 unspecified atom stereocenters. The summed E-state index contributed by atoms with van der Waals surface area (Å²) < 4.78 is 41.3. The van der Waals surface area contributed by atoms with Crippen molar-refractivity contribution in [2.45, 2.75) is 0 Å². The van der Waals surface area contributed by atoms with E-state index in [1.165, 1.54) is 13.3 Å². The average molecular weight is 541 g/mol. The zero-order valence-electron chi connectivity index (χ0n) is 21.1. The lowest BCUT2D eigenvalue weighted by Gasteiger charge is -2.23. The maximum Gasteiger partial charge on any atom is 0.262 e. The number of hydrogen-bond acceptors (Lipinski definition) is 8. The van der Waals surface area contributed by atoms with Gasteiger partial charge in [0.1, 0.15) is 23.8 Å². The average Bonchev–Trinajstić information content (AvgIpc) is 2.91. The van der Waals surface area contributed by atoms with Crippen molar-refractivity contribution in [2.24, 2.45) is 5.10 Å². The highest BCUT2D eigenvalue weighted by Gasteiger charge is 2.23. The summed E-state index contributed by atoms with van der Waals surface area (Å²) >= 11 is 0. The highest BCUT2D eigenvalue weighted by Crippen LogP contribution is 2.29. The summed E-state index contributed by atoms with van der Waals surface area (Å²) in [6.07, 6.45) is 2.40. The molecule has 0 saturated heterocycles. The van der Waals surface area contributed by atoms with Crippen molar-refractivity contribution < 1.29 is 32.2 Å². The minimum atomic E-state index is -3.77. The highest BCUT2D eigenvalue weighted by atomic mass is 32.2. The number of rotatable bonds is 12. The van der Waals surface area contributed by atoms with Crippen LogP contribution < -0.4 is 29.3 Å². The summed E-state index contributed by atoms with van der Waals surface area (Å²) in [5, 5.41) is 6.61. The highest BCUT2D eigenvalue weighted by molar-refractivity contribution is 7.92. The molecule has 2 amide bonds. The molecule has 0 saturated carbocycles. The van der Waals surface area contributed by atoms with E-state index in [-0.39, 0.29) is 18.2 Å². The molecule has 200 valence electrons. The third-order valence-electron chi connectivity index (χ3n) is 5.07. The fraction of sp³-hybridized carbons (Fsp3) is 0.192. The second-order valence-corrected chi connectivity index (χ2v) is 9.78. The summed E-state index contributed by atoms with van der Waals surface area (Å²) in [5.41, 5.74) is 3.82. The molecule has 0 spiro atoms. The van der Waals surface area contributed by atoms with E-state index in [4.69, 9.17) is 14.2 Å². The van der Waals surface area contributed by atoms with Gasteiger partial charge in [-0.2, -0.15) is 5.10 Å². The Morgan fingerprint density at radius 2 is 1.55 bits per heavy atom. The first kappa shape index (κ1) is 28.0. The van der Waals surface area contributed by atoms with Crippen molar-refractivity contribution in [1.82, 2.24) is 5.43 Å². The molecule has 0 atom stereocenters. The Labute approximate surface area is 221 Å². The van der Waals surface area contributed by atoms with Gasteiger partial charge in [-0.05, 0) is 66.2 Å². The molecule has 2 N–H and O–H groups in total. The molecule has 0 aliphatic heterocycles. The lowest BCUT2D eigenvalue weighted by atomic mass is 10.2. The minimum Gasteiger partial charge on any atom is -0.497 e. The molecule has 3 rings (SSSR count). The number of carbonyl (C=O) groups is 2. The number of methoxy groups -OCH3 is 2. The predicted molar refractivity (Wildman–Crippen MR) is 144 cm³/mol. The van der Waals surface area contributed by atoms with Gasteiger partial charge in [-0.3, -0.25) is 13.9 Å². The van der Waals surface area contributed by atoms with Crippen LogP contribution in [0, 0.1) is 0 Å². The molecule has 12 heteroatoms. The van der Waals surface area contributed by atoms with Gasteiger partial charge in [0.05, 0.1) is 32.4 Å². The standard InChI is InChI=1S/C26H28N4O7S/c1-35-21-14-10-20(11-15-21)28-26(32)18-37-22-12-8-19(9-13-22)16-27-29-25(31)17-30(38(3,33)34)23-6-4-5-7-24(23)36-2/h4-16H,17-18H2,1-3H3,(H,28,32)(H,29,31)/b27-16-. The Kier molecular flexibility index (Phi) is 9.66. The molecule has 3 aromatic carbocycles. The van der Waals surface area contributed by atoms with Crippen molar-refractivity contribution in [2.75, 3.05) is 43.2 Å². The van der Waals surface area contributed by atoms with Crippen LogP contribution in [0.25, 0.3) is 0 Å². The largest absolute Gasteiger partial charge is 0.497 e. The Morgan fingerprint density at radius 1 is 0.895 bits per heavy atom. The number of hydrazone groups is 1. The van der Waals surface area contributed by atoms with Crippen LogP contribution in [0.15, 0.2) is 77.9 Å². The van der Waals surface area contributed by atoms with Crippen molar-refractivity contribution in [3.8, 4) is 17.2 Å². The zero-order chi connectivity index (χ0) is 27.5. The van der Waals surface area contributed by atoms with E-state index in [0.29, 0.717) is 28.5 Å². The summed E-state index contributed by atoms with van der Waals surface area (Å²) in [7, 11) is -0.789. The number of sulfonamides is 1. The molecule has 0 fully saturated rings. The van der Waals surface area contributed by atoms with E-state index in [1.54, 1.807) is 79.9 Å². The molecule has 0 radical (unpaired) electrons. The van der Waals surface area contributed by atoms with Crippen LogP contribution in [0.2, 0.25) is 0 Å². The Morgan fingerprint density at radius 3 is 2.18 bits per heavy atom. The summed E-state index contributed by atoms with van der Waals surface area (Å²) in [6, 6.07) is 20.1. The lowest BCUT2D eigenvalue weighted by molar-refractivity contribution is -0.119. The number of nitrogens with zero attached hydrogens (tertiary/aromatic N) is 2. The number of para-hydroxylation sites is 2. The van der Waals surface area contributed by atoms with Crippen molar-refractivity contribution in [3.05, 3.63) is 78.4 Å². The normalized spacial score (nSPS) is 11.0. The van der Waals surface area contributed by atoms with Crippen molar-refractivity contribution in [1.29, 1.82) is 0 Å². The fourth-order valence-corrected chi connectivity index (χ4v) is 4.09. The summed E-state index contributed by atoms with van der Waals surface area (Å²) in [6.45, 7) is -0.666. The maximum atomic E-state index is 12.4. The lowest BCUT2D eigenvalue weighted by Crippen LogP contribution is -2.39. The van der Waals surface area contributed by atoms with Crippen LogP contribution in [0.3, 0.4) is 0 Å². The molecule has 0 aliphatic rings. The summed E-state index contributed by atoms with van der Waals surface area (Å²) in [5.74, 6) is 0.512. The van der Waals surface area contributed by atoms with Gasteiger partial charge in [0.25, 0.3) is 11.8 Å². The second kappa shape index (κ2) is 13.1. The van der Waals surface area contributed by atoms with Gasteiger partial charge >= 0.3 is 0 Å². The molecular weight excluding hydrogens is 512 g/mol. The van der Waals surface area contributed by atoms with Gasteiger partial charge in [0, 0.05) is 5.69 Å². The first-order valence-corrected chi connectivity index (χ1v) is 13.1. The van der Waals surface area contributed by atoms with Crippen LogP contribution in [0.5, 0.6) is 17.2 Å². The van der Waals surface area contributed by atoms with Crippen LogP contribution in [0.1, 0.15) is 5.56 Å². The second-order valence-electron chi connectivity index (χ2n) is 7.87. The Hall–Kier alpha value is -4.58. The maximum absolute atomic E-state index is 12.4. The zero-order valence-corrected chi connectivity index (χ0v) is 21.9. The SMILES string of the molecule is COc1ccc(NC(=O)COc2ccc(/C=N\NC(=O)CN(c3ccccc3OC)S(C)(=O)=O)cc2)cc1. The summed E-state index contributed by atoms with van der Waals surface area (Å²) in [4.78, 5) is 24.5. The van der Waals surface area contributed by atoms with Crippen LogP contribution >= 0.6 is 0 Å². The number of amides is 2. The van der Waals surface area contributed by atoms with E-state index < -0.39 is 22.5 Å². The van der Waals surface area contributed by atoms with E-state index >= 15 is 0 Å². The molecule has 3 aromatic rings. The number of nitrogens with one attached hydrogen (secondary N) is 2. The number of ether oxygens (including phenoxy) is 3. The molecule has 0 heterocycles. The third kappa shape index (κ3) is 8.23.